The zero-order chi connectivity index (χ0) is 25.0. The minimum absolute atomic E-state index is 0.0450. The molecule has 1 aliphatic rings. The van der Waals surface area contributed by atoms with Crippen LogP contribution in [0.5, 0.6) is 0 Å². The molecule has 0 saturated carbocycles. The number of amides is 1. The molecule has 0 unspecified atom stereocenters. The maximum Gasteiger partial charge on any atom is 0.311 e. The summed E-state index contributed by atoms with van der Waals surface area (Å²) < 4.78 is 13.1. The molecule has 1 aliphatic heterocycles. The summed E-state index contributed by atoms with van der Waals surface area (Å²) in [6, 6.07) is 11.8. The third kappa shape index (κ3) is 5.83. The third-order valence-electron chi connectivity index (χ3n) is 6.26. The largest absolute Gasteiger partial charge is 0.481 e. The highest BCUT2D eigenvalue weighted by molar-refractivity contribution is 6.30. The number of carboxylic acid groups (broad SMARTS) is 1. The van der Waals surface area contributed by atoms with Crippen molar-refractivity contribution in [3.8, 4) is 0 Å². The van der Waals surface area contributed by atoms with Crippen LogP contribution in [0.15, 0.2) is 42.6 Å². The molecule has 1 aromatic carbocycles. The van der Waals surface area contributed by atoms with E-state index < -0.39 is 11.4 Å². The number of pyridine rings is 1. The first-order chi connectivity index (χ1) is 16.8. The molecule has 3 heterocycles. The molecule has 1 amide bonds. The van der Waals surface area contributed by atoms with Crippen LogP contribution in [-0.4, -0.2) is 64.4 Å². The average Bonchev–Trinajstić information content (AvgIpc) is 3.15. The SMILES string of the molecule is CC(C)(COCCOCC(=O)N1CCc2c(n(Cc3ccc(Cl)cc3)c3ncccc23)C1)C(=O)O. The van der Waals surface area contributed by atoms with Crippen molar-refractivity contribution in [1.82, 2.24) is 14.5 Å². The molecule has 186 valence electrons. The van der Waals surface area contributed by atoms with Crippen molar-refractivity contribution in [2.24, 2.45) is 5.41 Å². The van der Waals surface area contributed by atoms with Crippen LogP contribution in [0.1, 0.15) is 30.7 Å². The molecule has 9 heteroatoms. The van der Waals surface area contributed by atoms with Gasteiger partial charge in [0.25, 0.3) is 0 Å². The zero-order valence-corrected chi connectivity index (χ0v) is 20.8. The summed E-state index contributed by atoms with van der Waals surface area (Å²) in [4.78, 5) is 30.4. The predicted octanol–water partition coefficient (Wildman–Crippen LogP) is 3.77. The maximum absolute atomic E-state index is 12.9. The predicted molar refractivity (Wildman–Crippen MR) is 132 cm³/mol. The number of ether oxygens (including phenoxy) is 2. The molecule has 4 rings (SSSR count). The fourth-order valence-electron chi connectivity index (χ4n) is 4.17. The van der Waals surface area contributed by atoms with Crippen molar-refractivity contribution in [3.05, 3.63) is 64.4 Å². The van der Waals surface area contributed by atoms with Crippen molar-refractivity contribution in [3.63, 3.8) is 0 Å². The molecule has 1 N–H and O–H groups in total. The Hall–Kier alpha value is -2.94. The van der Waals surface area contributed by atoms with E-state index in [1.54, 1.807) is 20.0 Å². The summed E-state index contributed by atoms with van der Waals surface area (Å²) in [5.41, 5.74) is 3.40. The smallest absolute Gasteiger partial charge is 0.311 e. The minimum atomic E-state index is -0.958. The number of benzene rings is 1. The molecular weight excluding hydrogens is 470 g/mol. The highest BCUT2D eigenvalue weighted by Gasteiger charge is 2.28. The summed E-state index contributed by atoms with van der Waals surface area (Å²) in [6.45, 7) is 5.45. The fraction of sp³-hybridized carbons (Fsp3) is 0.423. The Morgan fingerprint density at radius 2 is 1.89 bits per heavy atom. The Labute approximate surface area is 209 Å². The van der Waals surface area contributed by atoms with Gasteiger partial charge in [-0.3, -0.25) is 9.59 Å². The second-order valence-electron chi connectivity index (χ2n) is 9.37. The number of hydrogen-bond donors (Lipinski definition) is 1. The van der Waals surface area contributed by atoms with Gasteiger partial charge in [-0.1, -0.05) is 23.7 Å². The summed E-state index contributed by atoms with van der Waals surface area (Å²) in [6.07, 6.45) is 2.55. The topological polar surface area (TPSA) is 93.9 Å². The number of hydrogen-bond acceptors (Lipinski definition) is 5. The molecular formula is C26H30ClN3O5. The van der Waals surface area contributed by atoms with E-state index in [-0.39, 0.29) is 32.3 Å². The van der Waals surface area contributed by atoms with Crippen LogP contribution in [0, 0.1) is 5.41 Å². The first-order valence-electron chi connectivity index (χ1n) is 11.6. The van der Waals surface area contributed by atoms with Gasteiger partial charge in [-0.05, 0) is 55.7 Å². The number of aromatic nitrogens is 2. The van der Waals surface area contributed by atoms with E-state index in [9.17, 15) is 9.59 Å². The van der Waals surface area contributed by atoms with Crippen molar-refractivity contribution in [1.29, 1.82) is 0 Å². The Balaban J connectivity index is 1.38. The van der Waals surface area contributed by atoms with Crippen LogP contribution >= 0.6 is 11.6 Å². The molecule has 0 bridgehead atoms. The van der Waals surface area contributed by atoms with Gasteiger partial charge in [-0.2, -0.15) is 0 Å². The fourth-order valence-corrected chi connectivity index (χ4v) is 4.30. The van der Waals surface area contributed by atoms with E-state index in [0.717, 1.165) is 28.7 Å². The number of carbonyl (C=O) groups is 2. The monoisotopic (exact) mass is 499 g/mol. The minimum Gasteiger partial charge on any atom is -0.481 e. The second-order valence-corrected chi connectivity index (χ2v) is 9.81. The van der Waals surface area contributed by atoms with Crippen LogP contribution in [-0.2, 0) is 38.6 Å². The zero-order valence-electron chi connectivity index (χ0n) is 20.0. The highest BCUT2D eigenvalue weighted by atomic mass is 35.5. The van der Waals surface area contributed by atoms with E-state index in [4.69, 9.17) is 26.2 Å². The summed E-state index contributed by atoms with van der Waals surface area (Å²) >= 11 is 6.05. The van der Waals surface area contributed by atoms with Gasteiger partial charge in [0.15, 0.2) is 0 Å². The highest BCUT2D eigenvalue weighted by Crippen LogP contribution is 2.30. The van der Waals surface area contributed by atoms with E-state index in [1.165, 1.54) is 5.56 Å². The van der Waals surface area contributed by atoms with E-state index in [0.29, 0.717) is 24.7 Å². The summed E-state index contributed by atoms with van der Waals surface area (Å²) in [5.74, 6) is -1.00. The Bertz CT molecular complexity index is 1210. The third-order valence-corrected chi connectivity index (χ3v) is 6.51. The van der Waals surface area contributed by atoms with Crippen molar-refractivity contribution in [2.75, 3.05) is 33.0 Å². The number of carbonyl (C=O) groups excluding carboxylic acids is 1. The number of rotatable bonds is 10. The molecule has 3 aromatic rings. The number of carboxylic acids is 1. The number of nitrogens with zero attached hydrogens (tertiary/aromatic N) is 3. The average molecular weight is 500 g/mol. The Morgan fingerprint density at radius 1 is 1.14 bits per heavy atom. The van der Waals surface area contributed by atoms with Crippen LogP contribution in [0.4, 0.5) is 0 Å². The van der Waals surface area contributed by atoms with Crippen molar-refractivity contribution >= 4 is 34.5 Å². The van der Waals surface area contributed by atoms with E-state index >= 15 is 0 Å². The van der Waals surface area contributed by atoms with Gasteiger partial charge in [0.2, 0.25) is 5.91 Å². The van der Waals surface area contributed by atoms with Crippen molar-refractivity contribution < 1.29 is 24.2 Å². The Kier molecular flexibility index (Phi) is 7.74. The van der Waals surface area contributed by atoms with Gasteiger partial charge in [0.05, 0.1) is 31.8 Å². The number of aliphatic carboxylic acids is 1. The van der Waals surface area contributed by atoms with Crippen LogP contribution in [0.25, 0.3) is 11.0 Å². The number of fused-ring (bicyclic) bond motifs is 3. The Morgan fingerprint density at radius 3 is 2.63 bits per heavy atom. The van der Waals surface area contributed by atoms with Crippen molar-refractivity contribution in [2.45, 2.75) is 33.4 Å². The summed E-state index contributed by atoms with van der Waals surface area (Å²) in [7, 11) is 0. The standard InChI is InChI=1S/C26H30ClN3O5/c1-26(2,25(32)33)17-35-13-12-34-16-23(31)29-11-9-20-21-4-3-10-28-24(21)30(22(20)15-29)14-18-5-7-19(27)8-6-18/h3-8,10H,9,11-17H2,1-2H3,(H,32,33). The molecule has 0 atom stereocenters. The molecule has 0 spiro atoms. The van der Waals surface area contributed by atoms with Gasteiger partial charge in [-0.15, -0.1) is 0 Å². The van der Waals surface area contributed by atoms with Crippen LogP contribution < -0.4 is 0 Å². The van der Waals surface area contributed by atoms with Crippen LogP contribution in [0.2, 0.25) is 5.02 Å². The van der Waals surface area contributed by atoms with Gasteiger partial charge in [-0.25, -0.2) is 4.98 Å². The molecule has 0 radical (unpaired) electrons. The van der Waals surface area contributed by atoms with Gasteiger partial charge in [0.1, 0.15) is 12.3 Å². The van der Waals surface area contributed by atoms with E-state index in [1.807, 2.05) is 35.2 Å². The second kappa shape index (κ2) is 10.8. The first kappa shape index (κ1) is 25.2. The molecule has 2 aromatic heterocycles. The lowest BCUT2D eigenvalue weighted by Crippen LogP contribution is -2.39. The molecule has 35 heavy (non-hydrogen) atoms. The van der Waals surface area contributed by atoms with Gasteiger partial charge < -0.3 is 24.0 Å². The molecule has 8 nitrogen and oxygen atoms in total. The van der Waals surface area contributed by atoms with E-state index in [2.05, 4.69) is 15.6 Å². The lowest BCUT2D eigenvalue weighted by Gasteiger charge is -2.28. The quantitative estimate of drug-likeness (QED) is 0.427. The van der Waals surface area contributed by atoms with Gasteiger partial charge in [0, 0.05) is 35.4 Å². The lowest BCUT2D eigenvalue weighted by molar-refractivity contribution is -0.150. The maximum atomic E-state index is 12.9. The number of halogens is 1. The lowest BCUT2D eigenvalue weighted by atomic mass is 9.95. The van der Waals surface area contributed by atoms with Crippen LogP contribution in [0.3, 0.4) is 0 Å². The normalized spacial score (nSPS) is 13.7. The molecule has 0 aliphatic carbocycles. The molecule has 0 fully saturated rings. The van der Waals surface area contributed by atoms with Gasteiger partial charge >= 0.3 is 5.97 Å². The first-order valence-corrected chi connectivity index (χ1v) is 12.0. The summed E-state index contributed by atoms with van der Waals surface area (Å²) in [5, 5.41) is 10.9. The molecule has 0 saturated heterocycles.